The maximum absolute atomic E-state index is 11.9. The van der Waals surface area contributed by atoms with Gasteiger partial charge in [-0.2, -0.15) is 0 Å². The lowest BCUT2D eigenvalue weighted by atomic mass is 10.1. The van der Waals surface area contributed by atoms with Gasteiger partial charge in [0.1, 0.15) is 11.5 Å². The highest BCUT2D eigenvalue weighted by Crippen LogP contribution is 2.34. The number of ether oxygens (including phenoxy) is 2. The minimum atomic E-state index is -0.921. The Balaban J connectivity index is 2.23. The van der Waals surface area contributed by atoms with Crippen LogP contribution in [0, 0.1) is 0 Å². The first-order chi connectivity index (χ1) is 11.2. The van der Waals surface area contributed by atoms with Crippen molar-refractivity contribution >= 4 is 16.9 Å². The van der Waals surface area contributed by atoms with Crippen molar-refractivity contribution in [2.75, 3.05) is 14.2 Å². The van der Waals surface area contributed by atoms with Crippen LogP contribution in [0.2, 0.25) is 0 Å². The van der Waals surface area contributed by atoms with E-state index in [2.05, 4.69) is 0 Å². The molecular formula is C18H17NO4. The second-order valence-electron chi connectivity index (χ2n) is 5.14. The molecule has 0 aliphatic rings. The topological polar surface area (TPSA) is 60.7 Å². The van der Waals surface area contributed by atoms with Gasteiger partial charge < -0.3 is 19.1 Å². The van der Waals surface area contributed by atoms with E-state index in [0.29, 0.717) is 17.1 Å². The van der Waals surface area contributed by atoms with Crippen LogP contribution in [0.3, 0.4) is 0 Å². The summed E-state index contributed by atoms with van der Waals surface area (Å²) in [5.74, 6) is 0.345. The molecule has 0 amide bonds. The fourth-order valence-corrected chi connectivity index (χ4v) is 2.77. The Morgan fingerprint density at radius 1 is 1.09 bits per heavy atom. The minimum Gasteiger partial charge on any atom is -0.497 e. The lowest BCUT2D eigenvalue weighted by molar-refractivity contribution is -0.139. The van der Waals surface area contributed by atoms with Gasteiger partial charge in [-0.3, -0.25) is 0 Å². The summed E-state index contributed by atoms with van der Waals surface area (Å²) in [6, 6.07) is 13.8. The van der Waals surface area contributed by atoms with E-state index < -0.39 is 12.0 Å². The van der Waals surface area contributed by atoms with Crippen LogP contribution in [-0.2, 0) is 4.79 Å². The maximum atomic E-state index is 11.9. The Morgan fingerprint density at radius 3 is 2.43 bits per heavy atom. The molecule has 0 spiro atoms. The smallest absolute Gasteiger partial charge is 0.331 e. The van der Waals surface area contributed by atoms with Crippen molar-refractivity contribution in [1.29, 1.82) is 0 Å². The molecule has 2 aromatic carbocycles. The summed E-state index contributed by atoms with van der Waals surface area (Å²) in [6.07, 6.45) is 1.76. The van der Waals surface area contributed by atoms with Crippen LogP contribution >= 0.6 is 0 Å². The molecular weight excluding hydrogens is 294 g/mol. The Hall–Kier alpha value is -2.95. The molecule has 1 atom stereocenters. The van der Waals surface area contributed by atoms with Gasteiger partial charge in [0.15, 0.2) is 6.04 Å². The number of hydrogen-bond acceptors (Lipinski definition) is 3. The number of methoxy groups -OCH3 is 2. The Bertz CT molecular complexity index is 839. The van der Waals surface area contributed by atoms with Gasteiger partial charge >= 0.3 is 5.97 Å². The summed E-state index contributed by atoms with van der Waals surface area (Å²) < 4.78 is 12.4. The zero-order valence-corrected chi connectivity index (χ0v) is 12.9. The third-order valence-corrected chi connectivity index (χ3v) is 3.86. The largest absolute Gasteiger partial charge is 0.497 e. The lowest BCUT2D eigenvalue weighted by Gasteiger charge is -2.17. The Labute approximate surface area is 133 Å². The number of carboxylic acids is 1. The number of carboxylic acid groups (broad SMARTS) is 1. The fourth-order valence-electron chi connectivity index (χ4n) is 2.77. The zero-order chi connectivity index (χ0) is 16.4. The van der Waals surface area contributed by atoms with Crippen LogP contribution in [0.25, 0.3) is 10.9 Å². The Kier molecular flexibility index (Phi) is 3.93. The number of benzene rings is 2. The number of hydrogen-bond donors (Lipinski definition) is 1. The predicted octanol–water partition coefficient (Wildman–Crippen LogP) is 3.33. The molecule has 23 heavy (non-hydrogen) atoms. The number of fused-ring (bicyclic) bond motifs is 1. The van der Waals surface area contributed by atoms with E-state index in [1.165, 1.54) is 0 Å². The van der Waals surface area contributed by atoms with Crippen molar-refractivity contribution in [3.8, 4) is 11.5 Å². The summed E-state index contributed by atoms with van der Waals surface area (Å²) in [7, 11) is 3.15. The molecule has 1 aromatic heterocycles. The average molecular weight is 311 g/mol. The molecule has 0 aliphatic carbocycles. The molecule has 0 saturated carbocycles. The Morgan fingerprint density at radius 2 is 1.83 bits per heavy atom. The van der Waals surface area contributed by atoms with Crippen LogP contribution in [0.1, 0.15) is 11.6 Å². The molecule has 0 aliphatic heterocycles. The van der Waals surface area contributed by atoms with Crippen LogP contribution in [0.4, 0.5) is 0 Å². The first kappa shape index (κ1) is 15.0. The highest BCUT2D eigenvalue weighted by atomic mass is 16.5. The molecule has 5 nitrogen and oxygen atoms in total. The summed E-state index contributed by atoms with van der Waals surface area (Å²) in [6.45, 7) is 0. The van der Waals surface area contributed by atoms with Gasteiger partial charge in [0, 0.05) is 23.7 Å². The monoisotopic (exact) mass is 311 g/mol. The van der Waals surface area contributed by atoms with E-state index in [0.717, 1.165) is 10.9 Å². The SMILES string of the molecule is COc1cc(OC)c2ccn(C(C(=O)O)c3ccccc3)c2c1. The molecule has 0 saturated heterocycles. The maximum Gasteiger partial charge on any atom is 0.331 e. The number of nitrogens with zero attached hydrogens (tertiary/aromatic N) is 1. The molecule has 5 heteroatoms. The van der Waals surface area contributed by atoms with Gasteiger partial charge in [0.05, 0.1) is 19.7 Å². The van der Waals surface area contributed by atoms with E-state index in [-0.39, 0.29) is 0 Å². The molecule has 3 rings (SSSR count). The van der Waals surface area contributed by atoms with Crippen LogP contribution < -0.4 is 9.47 Å². The molecule has 0 fully saturated rings. The molecule has 0 bridgehead atoms. The van der Waals surface area contributed by atoms with Gasteiger partial charge in [-0.1, -0.05) is 30.3 Å². The van der Waals surface area contributed by atoms with Crippen molar-refractivity contribution in [3.63, 3.8) is 0 Å². The summed E-state index contributed by atoms with van der Waals surface area (Å²) >= 11 is 0. The minimum absolute atomic E-state index is 0.617. The number of carbonyl (C=O) groups is 1. The van der Waals surface area contributed by atoms with Crippen molar-refractivity contribution in [2.45, 2.75) is 6.04 Å². The third kappa shape index (κ3) is 2.61. The predicted molar refractivity (Wildman–Crippen MR) is 87.3 cm³/mol. The molecule has 0 radical (unpaired) electrons. The van der Waals surface area contributed by atoms with Gasteiger partial charge in [0.2, 0.25) is 0 Å². The molecule has 3 aromatic rings. The third-order valence-electron chi connectivity index (χ3n) is 3.86. The van der Waals surface area contributed by atoms with E-state index in [4.69, 9.17) is 9.47 Å². The molecule has 1 unspecified atom stereocenters. The molecule has 118 valence electrons. The van der Waals surface area contributed by atoms with Crippen LogP contribution in [0.15, 0.2) is 54.7 Å². The average Bonchev–Trinajstić information content (AvgIpc) is 2.98. The van der Waals surface area contributed by atoms with Crippen LogP contribution in [-0.4, -0.2) is 29.9 Å². The van der Waals surface area contributed by atoms with Gasteiger partial charge in [-0.15, -0.1) is 0 Å². The fraction of sp³-hybridized carbons (Fsp3) is 0.167. The van der Waals surface area contributed by atoms with Gasteiger partial charge in [-0.25, -0.2) is 4.79 Å². The van der Waals surface area contributed by atoms with Gasteiger partial charge in [-0.05, 0) is 11.6 Å². The van der Waals surface area contributed by atoms with Crippen LogP contribution in [0.5, 0.6) is 11.5 Å². The number of aliphatic carboxylic acids is 1. The normalized spacial score (nSPS) is 12.1. The quantitative estimate of drug-likeness (QED) is 0.785. The van der Waals surface area contributed by atoms with Crippen molar-refractivity contribution < 1.29 is 19.4 Å². The number of aromatic nitrogens is 1. The second kappa shape index (κ2) is 6.04. The lowest BCUT2D eigenvalue weighted by Crippen LogP contribution is -2.19. The highest BCUT2D eigenvalue weighted by molar-refractivity contribution is 5.90. The van der Waals surface area contributed by atoms with E-state index in [1.54, 1.807) is 31.0 Å². The number of rotatable bonds is 5. The first-order valence-corrected chi connectivity index (χ1v) is 7.16. The van der Waals surface area contributed by atoms with Crippen molar-refractivity contribution in [2.24, 2.45) is 0 Å². The van der Waals surface area contributed by atoms with E-state index >= 15 is 0 Å². The zero-order valence-electron chi connectivity index (χ0n) is 12.9. The summed E-state index contributed by atoms with van der Waals surface area (Å²) in [4.78, 5) is 11.9. The van der Waals surface area contributed by atoms with Gasteiger partial charge in [0.25, 0.3) is 0 Å². The van der Waals surface area contributed by atoms with E-state index in [1.807, 2.05) is 42.5 Å². The second-order valence-corrected chi connectivity index (χ2v) is 5.14. The summed E-state index contributed by atoms with van der Waals surface area (Å²) in [5.41, 5.74) is 1.46. The molecule has 1 heterocycles. The highest BCUT2D eigenvalue weighted by Gasteiger charge is 2.24. The molecule has 1 N–H and O–H groups in total. The van der Waals surface area contributed by atoms with Crippen molar-refractivity contribution in [3.05, 3.63) is 60.3 Å². The summed E-state index contributed by atoms with van der Waals surface area (Å²) in [5, 5.41) is 10.6. The first-order valence-electron chi connectivity index (χ1n) is 7.16. The standard InChI is InChI=1S/C18H17NO4/c1-22-13-10-15-14(16(11-13)23-2)8-9-19(15)17(18(20)21)12-6-4-3-5-7-12/h3-11,17H,1-2H3,(H,20,21). The van der Waals surface area contributed by atoms with Crippen molar-refractivity contribution in [1.82, 2.24) is 4.57 Å². The van der Waals surface area contributed by atoms with E-state index in [9.17, 15) is 9.90 Å².